The molecule has 2 atom stereocenters. The SMILES string of the molecule is CCc1ccc(CC2(CNCC(C)C)CCOC2C)s1. The zero-order chi connectivity index (χ0) is 14.6. The monoisotopic (exact) mass is 295 g/mol. The van der Waals surface area contributed by atoms with E-state index < -0.39 is 0 Å². The van der Waals surface area contributed by atoms with Gasteiger partial charge in [0, 0.05) is 28.3 Å². The molecule has 0 aliphatic carbocycles. The van der Waals surface area contributed by atoms with E-state index in [1.165, 1.54) is 16.2 Å². The lowest BCUT2D eigenvalue weighted by atomic mass is 9.78. The minimum absolute atomic E-state index is 0.282. The molecule has 20 heavy (non-hydrogen) atoms. The molecule has 114 valence electrons. The fourth-order valence-electron chi connectivity index (χ4n) is 3.01. The molecule has 2 rings (SSSR count). The lowest BCUT2D eigenvalue weighted by Crippen LogP contribution is -2.42. The first-order valence-corrected chi connectivity index (χ1v) is 8.77. The second kappa shape index (κ2) is 7.06. The zero-order valence-corrected chi connectivity index (χ0v) is 14.2. The smallest absolute Gasteiger partial charge is 0.0619 e. The molecule has 1 aromatic rings. The fourth-order valence-corrected chi connectivity index (χ4v) is 4.12. The van der Waals surface area contributed by atoms with Crippen LogP contribution in [0.2, 0.25) is 0 Å². The molecule has 1 fully saturated rings. The van der Waals surface area contributed by atoms with Crippen LogP contribution < -0.4 is 5.32 Å². The average molecular weight is 295 g/mol. The molecule has 0 amide bonds. The molecule has 2 nitrogen and oxygen atoms in total. The number of nitrogens with one attached hydrogen (secondary N) is 1. The van der Waals surface area contributed by atoms with Crippen molar-refractivity contribution in [1.29, 1.82) is 0 Å². The standard InChI is InChI=1S/C17H29NOS/c1-5-15-6-7-16(20-15)10-17(8-9-19-14(17)4)12-18-11-13(2)3/h6-7,13-14,18H,5,8-12H2,1-4H3. The Kier molecular flexibility index (Phi) is 5.65. The van der Waals surface area contributed by atoms with E-state index >= 15 is 0 Å². The summed E-state index contributed by atoms with van der Waals surface area (Å²) in [6.45, 7) is 12.1. The summed E-state index contributed by atoms with van der Waals surface area (Å²) in [6.07, 6.45) is 3.84. The van der Waals surface area contributed by atoms with Gasteiger partial charge in [-0.25, -0.2) is 0 Å². The lowest BCUT2D eigenvalue weighted by molar-refractivity contribution is 0.0631. The number of rotatable bonds is 7. The van der Waals surface area contributed by atoms with Crippen LogP contribution in [0.1, 0.15) is 43.9 Å². The Bertz CT molecular complexity index is 415. The van der Waals surface area contributed by atoms with E-state index in [1.54, 1.807) is 0 Å². The van der Waals surface area contributed by atoms with E-state index in [-0.39, 0.29) is 5.41 Å². The Labute approximate surface area is 127 Å². The third kappa shape index (κ3) is 3.84. The van der Waals surface area contributed by atoms with E-state index in [2.05, 4.69) is 45.1 Å². The molecule has 0 aromatic carbocycles. The molecule has 1 N–H and O–H groups in total. The highest BCUT2D eigenvalue weighted by Gasteiger charge is 2.41. The third-order valence-electron chi connectivity index (χ3n) is 4.45. The molecule has 2 heterocycles. The van der Waals surface area contributed by atoms with Crippen molar-refractivity contribution >= 4 is 11.3 Å². The first-order valence-electron chi connectivity index (χ1n) is 7.95. The van der Waals surface area contributed by atoms with Crippen LogP contribution in [0.25, 0.3) is 0 Å². The molecule has 3 heteroatoms. The topological polar surface area (TPSA) is 21.3 Å². The van der Waals surface area contributed by atoms with Crippen LogP contribution >= 0.6 is 11.3 Å². The molecular weight excluding hydrogens is 266 g/mol. The van der Waals surface area contributed by atoms with Crippen LogP contribution in [0.5, 0.6) is 0 Å². The normalized spacial score (nSPS) is 26.6. The molecule has 1 aliphatic heterocycles. The second-order valence-corrected chi connectivity index (χ2v) is 7.80. The molecule has 1 saturated heterocycles. The maximum absolute atomic E-state index is 5.90. The van der Waals surface area contributed by atoms with Gasteiger partial charge in [0.2, 0.25) is 0 Å². The summed E-state index contributed by atoms with van der Waals surface area (Å²) in [6, 6.07) is 4.61. The van der Waals surface area contributed by atoms with Crippen molar-refractivity contribution < 1.29 is 4.74 Å². The van der Waals surface area contributed by atoms with Gasteiger partial charge in [-0.3, -0.25) is 0 Å². The highest BCUT2D eigenvalue weighted by Crippen LogP contribution is 2.39. The maximum atomic E-state index is 5.90. The highest BCUT2D eigenvalue weighted by molar-refractivity contribution is 7.11. The van der Waals surface area contributed by atoms with Gasteiger partial charge >= 0.3 is 0 Å². The Hall–Kier alpha value is -0.380. The second-order valence-electron chi connectivity index (χ2n) is 6.55. The largest absolute Gasteiger partial charge is 0.378 e. The Balaban J connectivity index is 2.03. The van der Waals surface area contributed by atoms with Crippen LogP contribution in [0.15, 0.2) is 12.1 Å². The van der Waals surface area contributed by atoms with Gasteiger partial charge in [0.1, 0.15) is 0 Å². The van der Waals surface area contributed by atoms with Crippen molar-refractivity contribution in [1.82, 2.24) is 5.32 Å². The molecule has 2 unspecified atom stereocenters. The summed E-state index contributed by atoms with van der Waals surface area (Å²) < 4.78 is 5.90. The predicted molar refractivity (Wildman–Crippen MR) is 87.6 cm³/mol. The summed E-state index contributed by atoms with van der Waals surface area (Å²) >= 11 is 1.98. The Morgan fingerprint density at radius 2 is 2.15 bits per heavy atom. The quantitative estimate of drug-likeness (QED) is 0.824. The van der Waals surface area contributed by atoms with E-state index in [9.17, 15) is 0 Å². The van der Waals surface area contributed by atoms with Gasteiger partial charge < -0.3 is 10.1 Å². The van der Waals surface area contributed by atoms with Crippen molar-refractivity contribution in [3.05, 3.63) is 21.9 Å². The fraction of sp³-hybridized carbons (Fsp3) is 0.765. The van der Waals surface area contributed by atoms with Crippen molar-refractivity contribution in [2.75, 3.05) is 19.7 Å². The minimum Gasteiger partial charge on any atom is -0.378 e. The number of aryl methyl sites for hydroxylation is 1. The Morgan fingerprint density at radius 3 is 2.70 bits per heavy atom. The van der Waals surface area contributed by atoms with Crippen molar-refractivity contribution in [2.45, 2.75) is 53.1 Å². The summed E-state index contributed by atoms with van der Waals surface area (Å²) in [7, 11) is 0. The molecule has 0 radical (unpaired) electrons. The predicted octanol–water partition coefficient (Wildman–Crippen LogP) is 3.89. The van der Waals surface area contributed by atoms with E-state index in [4.69, 9.17) is 4.74 Å². The van der Waals surface area contributed by atoms with Crippen LogP contribution in [0.3, 0.4) is 0 Å². The van der Waals surface area contributed by atoms with Gasteiger partial charge in [-0.15, -0.1) is 11.3 Å². The lowest BCUT2D eigenvalue weighted by Gasteiger charge is -2.32. The van der Waals surface area contributed by atoms with Crippen molar-refractivity contribution in [3.8, 4) is 0 Å². The van der Waals surface area contributed by atoms with Gasteiger partial charge in [-0.2, -0.15) is 0 Å². The minimum atomic E-state index is 0.282. The summed E-state index contributed by atoms with van der Waals surface area (Å²) in [4.78, 5) is 3.02. The van der Waals surface area contributed by atoms with Gasteiger partial charge in [0.05, 0.1) is 6.10 Å². The number of hydrogen-bond acceptors (Lipinski definition) is 3. The average Bonchev–Trinajstić information content (AvgIpc) is 2.98. The zero-order valence-electron chi connectivity index (χ0n) is 13.4. The van der Waals surface area contributed by atoms with E-state index in [0.717, 1.165) is 32.5 Å². The molecule has 1 aliphatic rings. The number of ether oxygens (including phenoxy) is 1. The van der Waals surface area contributed by atoms with Crippen molar-refractivity contribution in [2.24, 2.45) is 11.3 Å². The van der Waals surface area contributed by atoms with Crippen LogP contribution in [0.4, 0.5) is 0 Å². The van der Waals surface area contributed by atoms with Gasteiger partial charge in [0.15, 0.2) is 0 Å². The molecule has 0 bridgehead atoms. The maximum Gasteiger partial charge on any atom is 0.0619 e. The number of hydrogen-bond donors (Lipinski definition) is 1. The van der Waals surface area contributed by atoms with Crippen LogP contribution in [-0.2, 0) is 17.6 Å². The molecule has 1 aromatic heterocycles. The summed E-state index contributed by atoms with van der Waals surface area (Å²) in [5.41, 5.74) is 0.282. The molecule has 0 spiro atoms. The number of thiophene rings is 1. The highest BCUT2D eigenvalue weighted by atomic mass is 32.1. The first-order chi connectivity index (χ1) is 9.55. The first kappa shape index (κ1) is 16.0. The van der Waals surface area contributed by atoms with Crippen molar-refractivity contribution in [3.63, 3.8) is 0 Å². The van der Waals surface area contributed by atoms with Gasteiger partial charge in [-0.1, -0.05) is 20.8 Å². The van der Waals surface area contributed by atoms with Crippen LogP contribution in [0, 0.1) is 11.3 Å². The van der Waals surface area contributed by atoms with Gasteiger partial charge in [0.25, 0.3) is 0 Å². The summed E-state index contributed by atoms with van der Waals surface area (Å²) in [5, 5.41) is 3.66. The van der Waals surface area contributed by atoms with E-state index in [1.807, 2.05) is 11.3 Å². The molecule has 0 saturated carbocycles. The third-order valence-corrected chi connectivity index (χ3v) is 5.68. The summed E-state index contributed by atoms with van der Waals surface area (Å²) in [5.74, 6) is 0.707. The van der Waals surface area contributed by atoms with Crippen LogP contribution in [-0.4, -0.2) is 25.8 Å². The van der Waals surface area contributed by atoms with E-state index in [0.29, 0.717) is 12.0 Å². The Morgan fingerprint density at radius 1 is 1.40 bits per heavy atom. The van der Waals surface area contributed by atoms with Gasteiger partial charge in [-0.05, 0) is 50.8 Å². The molecular formula is C17H29NOS.